The maximum Gasteiger partial charge on any atom is 0.240 e. The lowest BCUT2D eigenvalue weighted by Gasteiger charge is -2.27. The molecule has 0 radical (unpaired) electrons. The molecule has 37 heavy (non-hydrogen) atoms. The number of methoxy groups -OCH3 is 2. The molecule has 4 rings (SSSR count). The molecular weight excluding hydrogens is 496 g/mol. The molecule has 0 fully saturated rings. The number of carbonyl (C=O) groups is 1. The number of anilines is 5. The van der Waals surface area contributed by atoms with Crippen LogP contribution in [0.5, 0.6) is 11.5 Å². The molecule has 0 saturated heterocycles. The summed E-state index contributed by atoms with van der Waals surface area (Å²) in [5, 5.41) is 5.81. The van der Waals surface area contributed by atoms with E-state index in [1.807, 2.05) is 6.07 Å². The first-order valence-electron chi connectivity index (χ1n) is 11.1. The highest BCUT2D eigenvalue weighted by molar-refractivity contribution is 7.81. The zero-order chi connectivity index (χ0) is 26.5. The Morgan fingerprint density at radius 1 is 0.973 bits per heavy atom. The third kappa shape index (κ3) is 5.94. The van der Waals surface area contributed by atoms with Crippen LogP contribution in [0.4, 0.5) is 28.7 Å². The molecule has 3 aromatic carbocycles. The van der Waals surface area contributed by atoms with E-state index in [1.54, 1.807) is 61.5 Å². The van der Waals surface area contributed by atoms with Crippen molar-refractivity contribution in [3.8, 4) is 11.5 Å². The van der Waals surface area contributed by atoms with E-state index in [2.05, 4.69) is 20.6 Å². The summed E-state index contributed by atoms with van der Waals surface area (Å²) in [4.78, 5) is 21.3. The highest BCUT2D eigenvalue weighted by atomic mass is 32.2. The average Bonchev–Trinajstić information content (AvgIpc) is 2.88. The van der Waals surface area contributed by atoms with Gasteiger partial charge >= 0.3 is 0 Å². The number of benzene rings is 3. The highest BCUT2D eigenvalue weighted by Crippen LogP contribution is 2.36. The minimum absolute atomic E-state index is 0.0180. The number of fused-ring (bicyclic) bond motifs is 1. The molecule has 2 atom stereocenters. The standard InChI is InChI=1S/C25H26N6O5S/c1-15(26)25(32)28-16-7-6-8-18(11-16)31(37(33)34)24-23(29-21-9-4-5-10-22(21)30-24)27-17-12-19(35-2)14-20(13-17)36-3/h4-15H,26H2,1-3H3,(H,27,29)(H,28,32)(H,33,34)/p-1/t15-/m0/s1. The normalized spacial score (nSPS) is 12.5. The molecule has 0 aliphatic heterocycles. The summed E-state index contributed by atoms with van der Waals surface area (Å²) >= 11 is -2.80. The maximum absolute atomic E-state index is 12.6. The number of para-hydroxylation sites is 2. The SMILES string of the molecule is COc1cc(Nc2nc3ccccc3nc2N(c2cccc(NC(=O)[C@H](C)N)c2)S(=O)[O-])cc(OC)c1. The minimum Gasteiger partial charge on any atom is -0.755 e. The predicted molar refractivity (Wildman–Crippen MR) is 142 cm³/mol. The van der Waals surface area contributed by atoms with E-state index in [0.717, 1.165) is 4.31 Å². The van der Waals surface area contributed by atoms with Crippen LogP contribution in [0.1, 0.15) is 6.92 Å². The van der Waals surface area contributed by atoms with Gasteiger partial charge in [-0.1, -0.05) is 18.2 Å². The first kappa shape index (κ1) is 25.8. The van der Waals surface area contributed by atoms with Crippen LogP contribution < -0.4 is 30.1 Å². The topological polar surface area (TPSA) is 155 Å². The molecule has 0 saturated carbocycles. The lowest BCUT2D eigenvalue weighted by molar-refractivity contribution is -0.117. The van der Waals surface area contributed by atoms with Crippen LogP contribution in [0.25, 0.3) is 11.0 Å². The quantitative estimate of drug-likeness (QED) is 0.280. The van der Waals surface area contributed by atoms with Gasteiger partial charge in [0.2, 0.25) is 5.91 Å². The van der Waals surface area contributed by atoms with E-state index in [0.29, 0.717) is 33.9 Å². The van der Waals surface area contributed by atoms with Gasteiger partial charge in [0.15, 0.2) is 11.6 Å². The molecule has 1 heterocycles. The highest BCUT2D eigenvalue weighted by Gasteiger charge is 2.21. The molecule has 0 aliphatic rings. The van der Waals surface area contributed by atoms with Gasteiger partial charge in [0.25, 0.3) is 0 Å². The fraction of sp³-hybridized carbons (Fsp3) is 0.160. The number of hydrogen-bond acceptors (Lipinski definition) is 9. The molecule has 1 unspecified atom stereocenters. The number of nitrogens with zero attached hydrogens (tertiary/aromatic N) is 3. The number of rotatable bonds is 9. The molecule has 0 aliphatic carbocycles. The molecule has 4 aromatic rings. The Kier molecular flexibility index (Phi) is 7.82. The number of ether oxygens (including phenoxy) is 2. The molecule has 1 amide bonds. The summed E-state index contributed by atoms with van der Waals surface area (Å²) in [6.45, 7) is 1.55. The fourth-order valence-corrected chi connectivity index (χ4v) is 4.03. The Hall–Kier alpha value is -4.26. The van der Waals surface area contributed by atoms with Crippen molar-refractivity contribution >= 4 is 56.9 Å². The third-order valence-corrected chi connectivity index (χ3v) is 5.95. The van der Waals surface area contributed by atoms with Gasteiger partial charge in [0.1, 0.15) is 11.5 Å². The summed E-state index contributed by atoms with van der Waals surface area (Å²) in [5.41, 5.74) is 7.82. The third-order valence-electron chi connectivity index (χ3n) is 5.27. The lowest BCUT2D eigenvalue weighted by Crippen LogP contribution is -2.32. The van der Waals surface area contributed by atoms with E-state index in [9.17, 15) is 13.6 Å². The molecule has 1 aromatic heterocycles. The Labute approximate surface area is 216 Å². The van der Waals surface area contributed by atoms with E-state index >= 15 is 0 Å². The first-order valence-corrected chi connectivity index (χ1v) is 12.1. The second-order valence-corrected chi connectivity index (χ2v) is 8.75. The van der Waals surface area contributed by atoms with Gasteiger partial charge in [0, 0.05) is 29.6 Å². The zero-order valence-electron chi connectivity index (χ0n) is 20.3. The predicted octanol–water partition coefficient (Wildman–Crippen LogP) is 3.61. The summed E-state index contributed by atoms with van der Waals surface area (Å²) in [6, 6.07) is 17.8. The van der Waals surface area contributed by atoms with Crippen LogP contribution in [-0.2, 0) is 16.1 Å². The van der Waals surface area contributed by atoms with Gasteiger partial charge in [0.05, 0.1) is 48.2 Å². The van der Waals surface area contributed by atoms with Crippen molar-refractivity contribution in [2.75, 3.05) is 29.2 Å². The molecule has 12 heteroatoms. The van der Waals surface area contributed by atoms with Crippen LogP contribution in [0, 0.1) is 0 Å². The van der Waals surface area contributed by atoms with Crippen LogP contribution in [0.15, 0.2) is 66.7 Å². The zero-order valence-corrected chi connectivity index (χ0v) is 21.1. The van der Waals surface area contributed by atoms with Gasteiger partial charge in [-0.05, 0) is 37.3 Å². The molecule has 4 N–H and O–H groups in total. The number of hydrogen-bond donors (Lipinski definition) is 3. The van der Waals surface area contributed by atoms with E-state index < -0.39 is 23.2 Å². The summed E-state index contributed by atoms with van der Waals surface area (Å²) in [6.07, 6.45) is 0. The van der Waals surface area contributed by atoms with Crippen molar-refractivity contribution in [3.63, 3.8) is 0 Å². The number of nitrogens with one attached hydrogen (secondary N) is 2. The largest absolute Gasteiger partial charge is 0.755 e. The van der Waals surface area contributed by atoms with Gasteiger partial charge in [-0.3, -0.25) is 13.3 Å². The molecule has 0 spiro atoms. The Bertz CT molecular complexity index is 1440. The molecular formula is C25H25N6O5S-. The Balaban J connectivity index is 1.84. The number of aromatic nitrogens is 2. The summed E-state index contributed by atoms with van der Waals surface area (Å²) in [5.74, 6) is 0.831. The fourth-order valence-electron chi connectivity index (χ4n) is 3.48. The van der Waals surface area contributed by atoms with Crippen LogP contribution in [0.2, 0.25) is 0 Å². The summed E-state index contributed by atoms with van der Waals surface area (Å²) < 4.78 is 36.8. The van der Waals surface area contributed by atoms with Gasteiger partial charge in [-0.15, -0.1) is 0 Å². The van der Waals surface area contributed by atoms with Crippen LogP contribution in [0.3, 0.4) is 0 Å². The Morgan fingerprint density at radius 3 is 2.22 bits per heavy atom. The Morgan fingerprint density at radius 2 is 1.62 bits per heavy atom. The number of carbonyl (C=O) groups excluding carboxylic acids is 1. The van der Waals surface area contributed by atoms with Crippen molar-refractivity contribution in [1.82, 2.24) is 9.97 Å². The van der Waals surface area contributed by atoms with Crippen molar-refractivity contribution in [3.05, 3.63) is 66.7 Å². The minimum atomic E-state index is -2.80. The van der Waals surface area contributed by atoms with Crippen molar-refractivity contribution < 1.29 is 23.0 Å². The molecule has 0 bridgehead atoms. The van der Waals surface area contributed by atoms with Crippen molar-refractivity contribution in [1.29, 1.82) is 0 Å². The van der Waals surface area contributed by atoms with E-state index in [4.69, 9.17) is 15.2 Å². The van der Waals surface area contributed by atoms with Gasteiger partial charge in [-0.2, -0.15) is 0 Å². The number of amides is 1. The second-order valence-electron chi connectivity index (χ2n) is 7.95. The number of nitrogens with two attached hydrogens (primary N) is 1. The smallest absolute Gasteiger partial charge is 0.240 e. The average molecular weight is 522 g/mol. The van der Waals surface area contributed by atoms with E-state index in [-0.39, 0.29) is 17.3 Å². The lowest BCUT2D eigenvalue weighted by atomic mass is 10.2. The van der Waals surface area contributed by atoms with E-state index in [1.165, 1.54) is 20.3 Å². The van der Waals surface area contributed by atoms with Crippen molar-refractivity contribution in [2.45, 2.75) is 13.0 Å². The maximum atomic E-state index is 12.6. The van der Waals surface area contributed by atoms with Gasteiger partial charge < -0.3 is 30.4 Å². The second kappa shape index (κ2) is 11.2. The van der Waals surface area contributed by atoms with Crippen molar-refractivity contribution in [2.24, 2.45) is 5.73 Å². The van der Waals surface area contributed by atoms with Gasteiger partial charge in [-0.25, -0.2) is 9.97 Å². The van der Waals surface area contributed by atoms with Crippen LogP contribution >= 0.6 is 0 Å². The summed E-state index contributed by atoms with van der Waals surface area (Å²) in [7, 11) is 3.05. The monoisotopic (exact) mass is 521 g/mol. The first-order chi connectivity index (χ1) is 17.8. The molecule has 192 valence electrons. The molecule has 11 nitrogen and oxygen atoms in total. The van der Waals surface area contributed by atoms with Crippen LogP contribution in [-0.4, -0.2) is 44.9 Å².